The first kappa shape index (κ1) is 25.0. The Kier molecular flexibility index (Phi) is 7.56. The van der Waals surface area contributed by atoms with Crippen LogP contribution in [0.3, 0.4) is 0 Å². The Bertz CT molecular complexity index is 753. The molecule has 0 spiro atoms. The number of rotatable bonds is 1. The minimum atomic E-state index is -0.418. The van der Waals surface area contributed by atoms with E-state index >= 15 is 0 Å². The van der Waals surface area contributed by atoms with Crippen LogP contribution in [-0.2, 0) is 19.1 Å². The SMILES string of the molecule is COC(=O)[C@@H]1CCCC/C=C/CCCC(C)(C)[C@H](C)C(=O)N2CC3[C@@H]([C@H]2C(=O)C1)C3(C)C. The van der Waals surface area contributed by atoms with Crippen LogP contribution in [0.2, 0.25) is 0 Å². The summed E-state index contributed by atoms with van der Waals surface area (Å²) in [5.74, 6) is -0.133. The van der Waals surface area contributed by atoms with Crippen LogP contribution in [0.1, 0.15) is 86.0 Å². The maximum absolute atomic E-state index is 13.7. The number of allylic oxidation sites excluding steroid dienone is 2. The number of fused-ring (bicyclic) bond motifs is 3. The first-order valence-electron chi connectivity index (χ1n) is 12.6. The predicted octanol–water partition coefficient (Wildman–Crippen LogP) is 5.18. The van der Waals surface area contributed by atoms with Gasteiger partial charge in [0.05, 0.1) is 19.1 Å². The van der Waals surface area contributed by atoms with Crippen molar-refractivity contribution in [2.24, 2.45) is 34.5 Å². The lowest BCUT2D eigenvalue weighted by molar-refractivity contribution is -0.149. The number of methoxy groups -OCH3 is 1. The van der Waals surface area contributed by atoms with Gasteiger partial charge in [-0.2, -0.15) is 0 Å². The van der Waals surface area contributed by atoms with E-state index in [1.165, 1.54) is 7.11 Å². The second-order valence-electron chi connectivity index (χ2n) is 11.6. The van der Waals surface area contributed by atoms with Gasteiger partial charge in [0.15, 0.2) is 5.78 Å². The molecule has 5 nitrogen and oxygen atoms in total. The zero-order chi connectivity index (χ0) is 23.7. The molecule has 1 amide bonds. The first-order chi connectivity index (χ1) is 15.0. The second kappa shape index (κ2) is 9.69. The monoisotopic (exact) mass is 445 g/mol. The van der Waals surface area contributed by atoms with Crippen molar-refractivity contribution in [3.63, 3.8) is 0 Å². The second-order valence-corrected chi connectivity index (χ2v) is 11.6. The van der Waals surface area contributed by atoms with Crippen molar-refractivity contribution in [3.05, 3.63) is 12.2 Å². The highest BCUT2D eigenvalue weighted by Crippen LogP contribution is 2.65. The number of Topliss-reactive ketones (excluding diaryl/α,β-unsaturated/α-hetero) is 1. The van der Waals surface area contributed by atoms with Crippen molar-refractivity contribution in [3.8, 4) is 0 Å². The van der Waals surface area contributed by atoms with Crippen molar-refractivity contribution >= 4 is 17.7 Å². The van der Waals surface area contributed by atoms with E-state index in [0.717, 1.165) is 38.5 Å². The van der Waals surface area contributed by atoms with Gasteiger partial charge < -0.3 is 9.64 Å². The molecule has 3 rings (SSSR count). The number of ketones is 1. The van der Waals surface area contributed by atoms with Gasteiger partial charge in [-0.1, -0.05) is 53.2 Å². The van der Waals surface area contributed by atoms with Crippen molar-refractivity contribution in [1.82, 2.24) is 4.90 Å². The maximum Gasteiger partial charge on any atom is 0.309 e. The molecule has 32 heavy (non-hydrogen) atoms. The summed E-state index contributed by atoms with van der Waals surface area (Å²) >= 11 is 0. The Balaban J connectivity index is 1.86. The molecule has 0 aromatic rings. The number of carbonyl (C=O) groups excluding carboxylic acids is 3. The van der Waals surface area contributed by atoms with Crippen molar-refractivity contribution < 1.29 is 19.1 Å². The summed E-state index contributed by atoms with van der Waals surface area (Å²) < 4.78 is 5.03. The molecule has 2 fully saturated rings. The standard InChI is InChI=1S/C27H43NO4/c1-18-24(30)28-17-20-22(27(20,4)5)23(28)21(29)16-19(25(31)32-6)14-12-10-8-7-9-11-13-15-26(18,2)3/h7,9,18-20,22-23H,8,10-17H2,1-6H3/b9-7+/t18-,19-,20?,22+,23-/m1/s1. The zero-order valence-corrected chi connectivity index (χ0v) is 21.0. The fourth-order valence-corrected chi connectivity index (χ4v) is 6.08. The smallest absolute Gasteiger partial charge is 0.309 e. The van der Waals surface area contributed by atoms with Gasteiger partial charge in [0, 0.05) is 18.9 Å². The number of nitrogens with zero attached hydrogens (tertiary/aromatic N) is 1. The lowest BCUT2D eigenvalue weighted by Crippen LogP contribution is -2.50. The van der Waals surface area contributed by atoms with Crippen LogP contribution in [0, 0.1) is 34.5 Å². The molecule has 1 aliphatic carbocycles. The van der Waals surface area contributed by atoms with Crippen LogP contribution >= 0.6 is 0 Å². The molecule has 3 aliphatic rings. The van der Waals surface area contributed by atoms with Crippen LogP contribution in [0.5, 0.6) is 0 Å². The summed E-state index contributed by atoms with van der Waals surface area (Å²) in [6.07, 6.45) is 11.3. The third kappa shape index (κ3) is 4.97. The average molecular weight is 446 g/mol. The van der Waals surface area contributed by atoms with Crippen LogP contribution in [0.25, 0.3) is 0 Å². The minimum Gasteiger partial charge on any atom is -0.469 e. The molecule has 1 saturated carbocycles. The van der Waals surface area contributed by atoms with Gasteiger partial charge in [-0.3, -0.25) is 14.4 Å². The molecule has 0 bridgehead atoms. The van der Waals surface area contributed by atoms with E-state index in [1.54, 1.807) is 0 Å². The van der Waals surface area contributed by atoms with Gasteiger partial charge in [-0.05, 0) is 61.2 Å². The van der Waals surface area contributed by atoms with Gasteiger partial charge in [0.25, 0.3) is 0 Å². The fourth-order valence-electron chi connectivity index (χ4n) is 6.08. The molecule has 0 aromatic carbocycles. The summed E-state index contributed by atoms with van der Waals surface area (Å²) in [6, 6.07) is -0.398. The number of carbonyl (C=O) groups is 3. The highest BCUT2D eigenvalue weighted by molar-refractivity contribution is 5.93. The highest BCUT2D eigenvalue weighted by atomic mass is 16.5. The van der Waals surface area contributed by atoms with Gasteiger partial charge in [0.2, 0.25) is 5.91 Å². The molecular weight excluding hydrogens is 402 g/mol. The molecule has 1 saturated heterocycles. The van der Waals surface area contributed by atoms with Crippen LogP contribution in [0.4, 0.5) is 0 Å². The maximum atomic E-state index is 13.7. The predicted molar refractivity (Wildman–Crippen MR) is 126 cm³/mol. The van der Waals surface area contributed by atoms with Crippen LogP contribution in [-0.4, -0.2) is 42.3 Å². The molecule has 0 radical (unpaired) electrons. The summed E-state index contributed by atoms with van der Waals surface area (Å²) in [5.41, 5.74) is -0.0373. The minimum absolute atomic E-state index is 0.0426. The van der Waals surface area contributed by atoms with E-state index < -0.39 is 12.0 Å². The largest absolute Gasteiger partial charge is 0.469 e. The van der Waals surface area contributed by atoms with Gasteiger partial charge in [-0.15, -0.1) is 0 Å². The summed E-state index contributed by atoms with van der Waals surface area (Å²) in [7, 11) is 1.40. The van der Waals surface area contributed by atoms with Crippen molar-refractivity contribution in [2.45, 2.75) is 92.0 Å². The fraction of sp³-hybridized carbons (Fsp3) is 0.815. The number of ether oxygens (including phenoxy) is 1. The molecule has 0 aromatic heterocycles. The molecule has 5 atom stereocenters. The summed E-state index contributed by atoms with van der Waals surface area (Å²) in [4.78, 5) is 41.6. The quantitative estimate of drug-likeness (QED) is 0.412. The van der Waals surface area contributed by atoms with Gasteiger partial charge in [0.1, 0.15) is 0 Å². The third-order valence-corrected chi connectivity index (χ3v) is 8.88. The summed E-state index contributed by atoms with van der Waals surface area (Å²) in [6.45, 7) is 11.5. The molecule has 5 heteroatoms. The molecule has 2 aliphatic heterocycles. The van der Waals surface area contributed by atoms with E-state index in [4.69, 9.17) is 4.74 Å². The number of esters is 1. The average Bonchev–Trinajstić information content (AvgIpc) is 3.09. The lowest BCUT2D eigenvalue weighted by atomic mass is 9.75. The van der Waals surface area contributed by atoms with Gasteiger partial charge in [-0.25, -0.2) is 0 Å². The Hall–Kier alpha value is -1.65. The third-order valence-electron chi connectivity index (χ3n) is 8.88. The highest BCUT2D eigenvalue weighted by Gasteiger charge is 2.69. The van der Waals surface area contributed by atoms with Crippen molar-refractivity contribution in [1.29, 1.82) is 0 Å². The molecule has 1 unspecified atom stereocenters. The Morgan fingerprint density at radius 1 is 1.06 bits per heavy atom. The lowest BCUT2D eigenvalue weighted by Gasteiger charge is -2.38. The zero-order valence-electron chi connectivity index (χ0n) is 21.0. The van der Waals surface area contributed by atoms with E-state index in [2.05, 4.69) is 39.8 Å². The normalized spacial score (nSPS) is 36.6. The van der Waals surface area contributed by atoms with Gasteiger partial charge >= 0.3 is 5.97 Å². The molecule has 0 N–H and O–H groups in total. The number of amides is 1. The first-order valence-corrected chi connectivity index (χ1v) is 12.6. The van der Waals surface area contributed by atoms with E-state index in [9.17, 15) is 14.4 Å². The molecular formula is C27H43NO4. The number of piperidine rings is 1. The van der Waals surface area contributed by atoms with E-state index in [1.807, 2.05) is 11.8 Å². The summed E-state index contributed by atoms with van der Waals surface area (Å²) in [5, 5.41) is 0. The topological polar surface area (TPSA) is 63.7 Å². The Labute approximate surface area is 194 Å². The van der Waals surface area contributed by atoms with E-state index in [-0.39, 0.29) is 46.7 Å². The Morgan fingerprint density at radius 3 is 2.38 bits per heavy atom. The van der Waals surface area contributed by atoms with Crippen molar-refractivity contribution in [2.75, 3.05) is 13.7 Å². The Morgan fingerprint density at radius 2 is 1.72 bits per heavy atom. The van der Waals surface area contributed by atoms with E-state index in [0.29, 0.717) is 18.9 Å². The molecule has 2 heterocycles. The van der Waals surface area contributed by atoms with Crippen LogP contribution < -0.4 is 0 Å². The number of hydrogen-bond acceptors (Lipinski definition) is 4. The molecule has 180 valence electrons. The number of hydrogen-bond donors (Lipinski definition) is 0. The van der Waals surface area contributed by atoms with Crippen LogP contribution in [0.15, 0.2) is 12.2 Å².